The quantitative estimate of drug-likeness (QED) is 0.534. The van der Waals surface area contributed by atoms with E-state index in [1.165, 1.54) is 25.7 Å². The average molecular weight is 251 g/mol. The van der Waals surface area contributed by atoms with Crippen LogP contribution >= 0.6 is 0 Å². The van der Waals surface area contributed by atoms with Crippen molar-refractivity contribution in [3.8, 4) is 6.07 Å². The Bertz CT molecular complexity index is 268. The van der Waals surface area contributed by atoms with E-state index in [0.717, 1.165) is 18.3 Å². The van der Waals surface area contributed by atoms with Gasteiger partial charge in [-0.3, -0.25) is 0 Å². The normalized spacial score (nSPS) is 14.6. The van der Waals surface area contributed by atoms with Crippen molar-refractivity contribution < 1.29 is 0 Å². The molecule has 1 heteroatoms. The first-order chi connectivity index (χ1) is 8.08. The van der Waals surface area contributed by atoms with Gasteiger partial charge < -0.3 is 0 Å². The van der Waals surface area contributed by atoms with Crippen LogP contribution in [0, 0.1) is 34.0 Å². The van der Waals surface area contributed by atoms with Crippen molar-refractivity contribution in [2.75, 3.05) is 0 Å². The number of nitrogens with zero attached hydrogens (tertiary/aromatic N) is 1. The van der Waals surface area contributed by atoms with Crippen LogP contribution in [0.25, 0.3) is 0 Å². The summed E-state index contributed by atoms with van der Waals surface area (Å²) in [5, 5.41) is 9.02. The highest BCUT2D eigenvalue weighted by Gasteiger charge is 2.22. The molecular weight excluding hydrogens is 218 g/mol. The van der Waals surface area contributed by atoms with Gasteiger partial charge in [0.15, 0.2) is 0 Å². The number of nitriles is 1. The molecule has 0 heterocycles. The van der Waals surface area contributed by atoms with Gasteiger partial charge in [0, 0.05) is 0 Å². The largest absolute Gasteiger partial charge is 0.198 e. The predicted molar refractivity (Wildman–Crippen MR) is 80.3 cm³/mol. The maximum atomic E-state index is 9.02. The van der Waals surface area contributed by atoms with E-state index in [-0.39, 0.29) is 5.41 Å². The minimum atomic E-state index is -0.151. The van der Waals surface area contributed by atoms with Gasteiger partial charge in [-0.2, -0.15) is 5.26 Å². The molecule has 0 fully saturated rings. The molecule has 1 atom stereocenters. The van der Waals surface area contributed by atoms with E-state index < -0.39 is 0 Å². The van der Waals surface area contributed by atoms with Gasteiger partial charge in [0.1, 0.15) is 0 Å². The molecule has 0 aliphatic heterocycles. The van der Waals surface area contributed by atoms with E-state index in [1.807, 2.05) is 13.8 Å². The Morgan fingerprint density at radius 1 is 0.944 bits per heavy atom. The van der Waals surface area contributed by atoms with E-state index in [0.29, 0.717) is 5.41 Å². The highest BCUT2D eigenvalue weighted by atomic mass is 14.3. The Balaban J connectivity index is 3.97. The van der Waals surface area contributed by atoms with Gasteiger partial charge in [-0.05, 0) is 56.8 Å². The molecule has 0 bridgehead atoms. The average Bonchev–Trinajstić information content (AvgIpc) is 2.22. The molecule has 0 aromatic rings. The first-order valence-corrected chi connectivity index (χ1v) is 7.49. The Morgan fingerprint density at radius 3 is 1.89 bits per heavy atom. The molecular formula is C17H33N. The maximum Gasteiger partial charge on any atom is 0.0683 e. The minimum Gasteiger partial charge on any atom is -0.198 e. The van der Waals surface area contributed by atoms with Crippen molar-refractivity contribution in [1.29, 1.82) is 5.26 Å². The van der Waals surface area contributed by atoms with Crippen LogP contribution in [0.1, 0.15) is 80.6 Å². The van der Waals surface area contributed by atoms with Crippen LogP contribution in [0.15, 0.2) is 0 Å². The summed E-state index contributed by atoms with van der Waals surface area (Å²) >= 11 is 0. The van der Waals surface area contributed by atoms with Crippen LogP contribution in [-0.4, -0.2) is 0 Å². The Hall–Kier alpha value is -0.510. The van der Waals surface area contributed by atoms with Crippen molar-refractivity contribution in [1.82, 2.24) is 0 Å². The first kappa shape index (κ1) is 17.5. The van der Waals surface area contributed by atoms with Crippen LogP contribution in [0.5, 0.6) is 0 Å². The summed E-state index contributed by atoms with van der Waals surface area (Å²) in [6.07, 6.45) is 6.11. The van der Waals surface area contributed by atoms with Gasteiger partial charge in [0.2, 0.25) is 0 Å². The summed E-state index contributed by atoms with van der Waals surface area (Å²) in [4.78, 5) is 0. The number of rotatable bonds is 8. The molecule has 1 unspecified atom stereocenters. The fraction of sp³-hybridized carbons (Fsp3) is 0.941. The van der Waals surface area contributed by atoms with Crippen LogP contribution in [0.3, 0.4) is 0 Å². The molecule has 1 nitrogen and oxygen atoms in total. The fourth-order valence-electron chi connectivity index (χ4n) is 2.65. The molecule has 0 amide bonds. The van der Waals surface area contributed by atoms with Gasteiger partial charge >= 0.3 is 0 Å². The first-order valence-electron chi connectivity index (χ1n) is 7.49. The van der Waals surface area contributed by atoms with E-state index in [4.69, 9.17) is 5.26 Å². The third kappa shape index (κ3) is 8.56. The third-order valence-corrected chi connectivity index (χ3v) is 3.84. The lowest BCUT2D eigenvalue weighted by molar-refractivity contribution is 0.236. The van der Waals surface area contributed by atoms with Crippen molar-refractivity contribution in [2.45, 2.75) is 80.6 Å². The highest BCUT2D eigenvalue weighted by molar-refractivity contribution is 4.91. The summed E-state index contributed by atoms with van der Waals surface area (Å²) in [7, 11) is 0. The second-order valence-electron chi connectivity index (χ2n) is 7.94. The van der Waals surface area contributed by atoms with Crippen molar-refractivity contribution in [2.24, 2.45) is 22.7 Å². The lowest BCUT2D eigenvalue weighted by Crippen LogP contribution is -2.16. The zero-order chi connectivity index (χ0) is 14.4. The molecule has 0 spiro atoms. The zero-order valence-corrected chi connectivity index (χ0v) is 13.6. The van der Waals surface area contributed by atoms with Gasteiger partial charge in [-0.25, -0.2) is 0 Å². The summed E-state index contributed by atoms with van der Waals surface area (Å²) in [5.41, 5.74) is 0.314. The summed E-state index contributed by atoms with van der Waals surface area (Å²) in [5.74, 6) is 1.52. The van der Waals surface area contributed by atoms with Crippen LogP contribution < -0.4 is 0 Å². The van der Waals surface area contributed by atoms with Crippen LogP contribution in [0.2, 0.25) is 0 Å². The lowest BCUT2D eigenvalue weighted by atomic mass is 9.77. The third-order valence-electron chi connectivity index (χ3n) is 3.84. The number of hydrogen-bond acceptors (Lipinski definition) is 1. The standard InChI is InChI=1S/C17H33N/c1-14(2)12-16(4,5)10-8-15(3)9-11-17(6,7)13-18/h14-15H,8-12H2,1-7H3. The summed E-state index contributed by atoms with van der Waals surface area (Å²) in [6.45, 7) is 15.8. The summed E-state index contributed by atoms with van der Waals surface area (Å²) < 4.78 is 0. The van der Waals surface area contributed by atoms with Crippen molar-refractivity contribution >= 4 is 0 Å². The second-order valence-corrected chi connectivity index (χ2v) is 7.94. The Morgan fingerprint density at radius 2 is 1.44 bits per heavy atom. The monoisotopic (exact) mass is 251 g/mol. The minimum absolute atomic E-state index is 0.151. The smallest absolute Gasteiger partial charge is 0.0683 e. The molecule has 0 aromatic heterocycles. The molecule has 0 saturated carbocycles. The van der Waals surface area contributed by atoms with Crippen molar-refractivity contribution in [3.63, 3.8) is 0 Å². The Kier molecular flexibility index (Phi) is 6.97. The SMILES string of the molecule is CC(C)CC(C)(C)CCC(C)CCC(C)(C)C#N. The van der Waals surface area contributed by atoms with Gasteiger partial charge in [-0.1, -0.05) is 41.0 Å². The van der Waals surface area contributed by atoms with E-state index in [2.05, 4.69) is 40.7 Å². The maximum absolute atomic E-state index is 9.02. The van der Waals surface area contributed by atoms with E-state index >= 15 is 0 Å². The molecule has 0 N–H and O–H groups in total. The molecule has 0 rings (SSSR count). The second kappa shape index (κ2) is 7.17. The molecule has 0 aromatic carbocycles. The van der Waals surface area contributed by atoms with E-state index in [9.17, 15) is 0 Å². The zero-order valence-electron chi connectivity index (χ0n) is 13.6. The molecule has 0 radical (unpaired) electrons. The lowest BCUT2D eigenvalue weighted by Gasteiger charge is -2.28. The molecule has 0 aliphatic carbocycles. The van der Waals surface area contributed by atoms with Crippen LogP contribution in [0.4, 0.5) is 0 Å². The summed E-state index contributed by atoms with van der Waals surface area (Å²) in [6, 6.07) is 2.40. The topological polar surface area (TPSA) is 23.8 Å². The molecule has 18 heavy (non-hydrogen) atoms. The molecule has 0 aliphatic rings. The van der Waals surface area contributed by atoms with Gasteiger partial charge in [0.05, 0.1) is 11.5 Å². The fourth-order valence-corrected chi connectivity index (χ4v) is 2.65. The predicted octanol–water partition coefficient (Wildman–Crippen LogP) is 5.80. The van der Waals surface area contributed by atoms with E-state index in [1.54, 1.807) is 0 Å². The molecule has 0 saturated heterocycles. The Labute approximate surface area is 115 Å². The highest BCUT2D eigenvalue weighted by Crippen LogP contribution is 2.33. The van der Waals surface area contributed by atoms with Gasteiger partial charge in [0.25, 0.3) is 0 Å². The molecule has 106 valence electrons. The van der Waals surface area contributed by atoms with Crippen LogP contribution in [-0.2, 0) is 0 Å². The van der Waals surface area contributed by atoms with Gasteiger partial charge in [-0.15, -0.1) is 0 Å². The number of hydrogen-bond donors (Lipinski definition) is 0. The van der Waals surface area contributed by atoms with Crippen molar-refractivity contribution in [3.05, 3.63) is 0 Å².